The second kappa shape index (κ2) is 16.0. The molecule has 1 heterocycles. The van der Waals surface area contributed by atoms with E-state index in [1.165, 1.54) is 0 Å². The van der Waals surface area contributed by atoms with Crippen LogP contribution in [0.25, 0.3) is 6.08 Å². The molecule has 46 heavy (non-hydrogen) atoms. The Bertz CT molecular complexity index is 1750. The zero-order chi connectivity index (χ0) is 32.1. The lowest BCUT2D eigenvalue weighted by Gasteiger charge is -2.21. The SMILES string of the molecule is O=C(c1ccccc1)c1ccccc1NC(Cc1ccc(OCCCN(C(=O)C=Cc2ccsc2)c2ccccc2)cc1)C(=O)O. The van der Waals surface area contributed by atoms with Crippen molar-refractivity contribution in [2.24, 2.45) is 0 Å². The Morgan fingerprint density at radius 3 is 2.24 bits per heavy atom. The number of rotatable bonds is 15. The molecular formula is C38H34N2O5S. The van der Waals surface area contributed by atoms with Crippen LogP contribution in [0.5, 0.6) is 5.75 Å². The first-order valence-corrected chi connectivity index (χ1v) is 15.9. The fraction of sp³-hybridized carbons (Fsp3) is 0.132. The van der Waals surface area contributed by atoms with E-state index in [-0.39, 0.29) is 18.1 Å². The number of carboxylic acid groups (broad SMARTS) is 1. The van der Waals surface area contributed by atoms with Gasteiger partial charge in [0.2, 0.25) is 0 Å². The zero-order valence-electron chi connectivity index (χ0n) is 25.1. The van der Waals surface area contributed by atoms with Crippen molar-refractivity contribution in [3.8, 4) is 5.75 Å². The van der Waals surface area contributed by atoms with Gasteiger partial charge in [0.25, 0.3) is 5.91 Å². The molecule has 0 bridgehead atoms. The van der Waals surface area contributed by atoms with Gasteiger partial charge in [0.05, 0.1) is 6.61 Å². The largest absolute Gasteiger partial charge is 0.494 e. The summed E-state index contributed by atoms with van der Waals surface area (Å²) in [4.78, 5) is 40.1. The van der Waals surface area contributed by atoms with Crippen LogP contribution in [0.2, 0.25) is 0 Å². The number of benzene rings is 4. The highest BCUT2D eigenvalue weighted by Crippen LogP contribution is 2.22. The van der Waals surface area contributed by atoms with Gasteiger partial charge in [-0.15, -0.1) is 0 Å². The lowest BCUT2D eigenvalue weighted by molar-refractivity contribution is -0.137. The number of amides is 1. The van der Waals surface area contributed by atoms with E-state index in [0.717, 1.165) is 16.8 Å². The lowest BCUT2D eigenvalue weighted by atomic mass is 10.00. The third-order valence-corrected chi connectivity index (χ3v) is 7.99. The number of thiophene rings is 1. The van der Waals surface area contributed by atoms with E-state index in [2.05, 4.69) is 5.32 Å². The van der Waals surface area contributed by atoms with Crippen molar-refractivity contribution in [3.05, 3.63) is 154 Å². The van der Waals surface area contributed by atoms with Gasteiger partial charge in [0.15, 0.2) is 5.78 Å². The molecule has 1 unspecified atom stereocenters. The number of carboxylic acids is 1. The predicted octanol–water partition coefficient (Wildman–Crippen LogP) is 7.60. The molecule has 1 atom stereocenters. The second-order valence-corrected chi connectivity index (χ2v) is 11.3. The van der Waals surface area contributed by atoms with Gasteiger partial charge in [-0.3, -0.25) is 9.59 Å². The summed E-state index contributed by atoms with van der Waals surface area (Å²) >= 11 is 1.58. The summed E-state index contributed by atoms with van der Waals surface area (Å²) in [6.07, 6.45) is 4.23. The highest BCUT2D eigenvalue weighted by Gasteiger charge is 2.21. The Labute approximate surface area is 272 Å². The lowest BCUT2D eigenvalue weighted by Crippen LogP contribution is -2.32. The number of ketones is 1. The maximum absolute atomic E-state index is 13.1. The van der Waals surface area contributed by atoms with Gasteiger partial charge in [-0.05, 0) is 76.8 Å². The Balaban J connectivity index is 1.16. The number of hydrogen-bond acceptors (Lipinski definition) is 6. The van der Waals surface area contributed by atoms with Crippen LogP contribution in [0.1, 0.15) is 33.5 Å². The van der Waals surface area contributed by atoms with Crippen LogP contribution >= 0.6 is 11.3 Å². The van der Waals surface area contributed by atoms with Crippen LogP contribution in [0.4, 0.5) is 11.4 Å². The van der Waals surface area contributed by atoms with Crippen molar-refractivity contribution in [3.63, 3.8) is 0 Å². The summed E-state index contributed by atoms with van der Waals surface area (Å²) in [5.74, 6) is -0.655. The van der Waals surface area contributed by atoms with Gasteiger partial charge in [-0.2, -0.15) is 11.3 Å². The molecule has 5 rings (SSSR count). The molecule has 0 saturated carbocycles. The van der Waals surface area contributed by atoms with Crippen molar-refractivity contribution >= 4 is 46.4 Å². The molecule has 0 fully saturated rings. The molecule has 232 valence electrons. The standard InChI is InChI=1S/C38H34N2O5S/c41-36(21-18-29-22-25-46-27-29)40(31-12-5-2-6-13-31)23-9-24-45-32-19-16-28(17-20-32)26-35(38(43)44)39-34-15-8-7-14-33(34)37(42)30-10-3-1-4-11-30/h1-8,10-22,25,27,35,39H,9,23-24,26H2,(H,43,44). The first kappa shape index (κ1) is 31.9. The molecule has 8 heteroatoms. The van der Waals surface area contributed by atoms with Gasteiger partial charge < -0.3 is 20.1 Å². The monoisotopic (exact) mass is 630 g/mol. The maximum atomic E-state index is 13.1. The van der Waals surface area contributed by atoms with Crippen molar-refractivity contribution < 1.29 is 24.2 Å². The summed E-state index contributed by atoms with van der Waals surface area (Å²) in [5, 5.41) is 17.0. The molecule has 0 spiro atoms. The number of hydrogen-bond donors (Lipinski definition) is 2. The Morgan fingerprint density at radius 2 is 1.54 bits per heavy atom. The van der Waals surface area contributed by atoms with Crippen LogP contribution in [0.3, 0.4) is 0 Å². The van der Waals surface area contributed by atoms with E-state index in [4.69, 9.17) is 4.74 Å². The van der Waals surface area contributed by atoms with Gasteiger partial charge in [-0.1, -0.05) is 72.8 Å². The predicted molar refractivity (Wildman–Crippen MR) is 184 cm³/mol. The van der Waals surface area contributed by atoms with Crippen LogP contribution in [0, 0.1) is 0 Å². The molecule has 2 N–H and O–H groups in total. The van der Waals surface area contributed by atoms with E-state index in [1.54, 1.807) is 70.8 Å². The number of para-hydroxylation sites is 2. The minimum Gasteiger partial charge on any atom is -0.494 e. The van der Waals surface area contributed by atoms with Crippen LogP contribution in [0.15, 0.2) is 132 Å². The summed E-state index contributed by atoms with van der Waals surface area (Å²) in [6, 6.07) is 33.7. The van der Waals surface area contributed by atoms with E-state index in [0.29, 0.717) is 42.1 Å². The number of ether oxygens (including phenoxy) is 1. The molecular weight excluding hydrogens is 596 g/mol. The Morgan fingerprint density at radius 1 is 0.848 bits per heavy atom. The van der Waals surface area contributed by atoms with Crippen molar-refractivity contribution in [2.75, 3.05) is 23.4 Å². The summed E-state index contributed by atoms with van der Waals surface area (Å²) in [6.45, 7) is 0.880. The molecule has 0 aliphatic carbocycles. The number of nitrogens with one attached hydrogen (secondary N) is 1. The van der Waals surface area contributed by atoms with E-state index >= 15 is 0 Å². The number of carbonyl (C=O) groups is 3. The number of anilines is 2. The number of aliphatic carboxylic acids is 1. The molecule has 0 aliphatic rings. The summed E-state index contributed by atoms with van der Waals surface area (Å²) < 4.78 is 5.95. The van der Waals surface area contributed by atoms with Crippen LogP contribution < -0.4 is 15.0 Å². The fourth-order valence-corrected chi connectivity index (χ4v) is 5.54. The van der Waals surface area contributed by atoms with Gasteiger partial charge in [0.1, 0.15) is 11.8 Å². The van der Waals surface area contributed by atoms with E-state index in [9.17, 15) is 19.5 Å². The van der Waals surface area contributed by atoms with Crippen LogP contribution in [-0.2, 0) is 16.0 Å². The quantitative estimate of drug-likeness (QED) is 0.0703. The molecule has 5 aromatic rings. The smallest absolute Gasteiger partial charge is 0.326 e. The molecule has 0 radical (unpaired) electrons. The first-order chi connectivity index (χ1) is 22.5. The average Bonchev–Trinajstić information content (AvgIpc) is 3.62. The zero-order valence-corrected chi connectivity index (χ0v) is 25.9. The molecule has 0 aliphatic heterocycles. The first-order valence-electron chi connectivity index (χ1n) is 14.9. The van der Waals surface area contributed by atoms with E-state index < -0.39 is 12.0 Å². The molecule has 1 amide bonds. The Kier molecular flexibility index (Phi) is 11.1. The molecule has 1 aromatic heterocycles. The third kappa shape index (κ3) is 8.80. The van der Waals surface area contributed by atoms with Gasteiger partial charge >= 0.3 is 5.97 Å². The van der Waals surface area contributed by atoms with Crippen molar-refractivity contribution in [1.82, 2.24) is 0 Å². The van der Waals surface area contributed by atoms with Gasteiger partial charge in [0, 0.05) is 41.5 Å². The molecule has 4 aromatic carbocycles. The normalized spacial score (nSPS) is 11.6. The van der Waals surface area contributed by atoms with E-state index in [1.807, 2.05) is 83.6 Å². The second-order valence-electron chi connectivity index (χ2n) is 10.5. The minimum absolute atomic E-state index is 0.101. The third-order valence-electron chi connectivity index (χ3n) is 7.29. The summed E-state index contributed by atoms with van der Waals surface area (Å²) in [5.41, 5.74) is 4.03. The highest BCUT2D eigenvalue weighted by atomic mass is 32.1. The molecule has 0 saturated heterocycles. The fourth-order valence-electron chi connectivity index (χ4n) is 4.91. The van der Waals surface area contributed by atoms with Crippen LogP contribution in [-0.4, -0.2) is 42.0 Å². The van der Waals surface area contributed by atoms with Crippen molar-refractivity contribution in [2.45, 2.75) is 18.9 Å². The maximum Gasteiger partial charge on any atom is 0.326 e. The average molecular weight is 631 g/mol. The molecule has 7 nitrogen and oxygen atoms in total. The van der Waals surface area contributed by atoms with Gasteiger partial charge in [-0.25, -0.2) is 4.79 Å². The van der Waals surface area contributed by atoms with Crippen molar-refractivity contribution in [1.29, 1.82) is 0 Å². The minimum atomic E-state index is -1.02. The summed E-state index contributed by atoms with van der Waals surface area (Å²) in [7, 11) is 0. The number of carbonyl (C=O) groups excluding carboxylic acids is 2. The topological polar surface area (TPSA) is 95.9 Å². The number of nitrogens with zero attached hydrogens (tertiary/aromatic N) is 1. The Hall–Kier alpha value is -5.47. The highest BCUT2D eigenvalue weighted by molar-refractivity contribution is 7.08.